The van der Waals surface area contributed by atoms with Gasteiger partial charge in [-0.1, -0.05) is 0 Å². The number of nitro groups is 1. The summed E-state index contributed by atoms with van der Waals surface area (Å²) in [5.41, 5.74) is 0.0122. The first-order valence-corrected chi connectivity index (χ1v) is 5.64. The van der Waals surface area contributed by atoms with Crippen LogP contribution in [0.15, 0.2) is 28.8 Å². The van der Waals surface area contributed by atoms with Crippen LogP contribution < -0.4 is 5.32 Å². The van der Waals surface area contributed by atoms with Crippen molar-refractivity contribution < 1.29 is 19.2 Å². The molecule has 0 aliphatic carbocycles. The third kappa shape index (κ3) is 2.91. The first-order chi connectivity index (χ1) is 9.47. The van der Waals surface area contributed by atoms with Gasteiger partial charge in [0.15, 0.2) is 0 Å². The van der Waals surface area contributed by atoms with Gasteiger partial charge in [-0.25, -0.2) is 9.78 Å². The van der Waals surface area contributed by atoms with Crippen molar-refractivity contribution in [3.05, 3.63) is 51.6 Å². The summed E-state index contributed by atoms with van der Waals surface area (Å²) in [5, 5.41) is 22.3. The van der Waals surface area contributed by atoms with Crippen molar-refractivity contribution in [3.8, 4) is 0 Å². The van der Waals surface area contributed by atoms with Gasteiger partial charge in [0.2, 0.25) is 0 Å². The van der Waals surface area contributed by atoms with Gasteiger partial charge in [0, 0.05) is 12.3 Å². The van der Waals surface area contributed by atoms with Gasteiger partial charge >= 0.3 is 5.97 Å². The highest BCUT2D eigenvalue weighted by molar-refractivity contribution is 5.88. The molecule has 0 unspecified atom stereocenters. The number of nitrogens with zero attached hydrogens (tertiary/aromatic N) is 2. The predicted molar refractivity (Wildman–Crippen MR) is 68.6 cm³/mol. The standard InChI is InChI=1S/C12H11N3O5/c1-7-10(12(16)17)5-9(20-7)6-14-11-4-8(15(18)19)2-3-13-11/h2-5H,6H2,1H3,(H,13,14)(H,16,17). The van der Waals surface area contributed by atoms with E-state index in [1.807, 2.05) is 0 Å². The van der Waals surface area contributed by atoms with E-state index in [4.69, 9.17) is 9.52 Å². The maximum Gasteiger partial charge on any atom is 0.339 e. The molecule has 0 amide bonds. The molecule has 2 aromatic rings. The van der Waals surface area contributed by atoms with Crippen LogP contribution in [0.1, 0.15) is 21.9 Å². The molecule has 2 aromatic heterocycles. The molecule has 2 N–H and O–H groups in total. The molecule has 0 bridgehead atoms. The highest BCUT2D eigenvalue weighted by Gasteiger charge is 2.14. The highest BCUT2D eigenvalue weighted by atomic mass is 16.6. The number of aryl methyl sites for hydroxylation is 1. The Labute approximate surface area is 113 Å². The third-order valence-corrected chi connectivity index (χ3v) is 2.60. The molecule has 8 heteroatoms. The van der Waals surface area contributed by atoms with Gasteiger partial charge in [-0.3, -0.25) is 10.1 Å². The van der Waals surface area contributed by atoms with E-state index in [1.165, 1.54) is 24.4 Å². The van der Waals surface area contributed by atoms with Crippen molar-refractivity contribution in [2.45, 2.75) is 13.5 Å². The van der Waals surface area contributed by atoms with Gasteiger partial charge < -0.3 is 14.8 Å². The average Bonchev–Trinajstić information content (AvgIpc) is 2.78. The smallest absolute Gasteiger partial charge is 0.339 e. The molecule has 0 radical (unpaired) electrons. The number of aromatic carboxylic acids is 1. The summed E-state index contributed by atoms with van der Waals surface area (Å²) in [6.45, 7) is 1.74. The Morgan fingerprint density at radius 3 is 2.90 bits per heavy atom. The monoisotopic (exact) mass is 277 g/mol. The number of hydrogen-bond acceptors (Lipinski definition) is 6. The molecular formula is C12H11N3O5. The minimum Gasteiger partial charge on any atom is -0.478 e. The number of anilines is 1. The fourth-order valence-electron chi connectivity index (χ4n) is 1.65. The molecule has 0 spiro atoms. The second-order valence-corrected chi connectivity index (χ2v) is 4.00. The number of carbonyl (C=O) groups is 1. The zero-order chi connectivity index (χ0) is 14.7. The van der Waals surface area contributed by atoms with Crippen molar-refractivity contribution in [2.24, 2.45) is 0 Å². The Bertz CT molecular complexity index is 665. The van der Waals surface area contributed by atoms with E-state index in [2.05, 4.69) is 10.3 Å². The van der Waals surface area contributed by atoms with E-state index >= 15 is 0 Å². The first kappa shape index (κ1) is 13.5. The lowest BCUT2D eigenvalue weighted by Crippen LogP contribution is -2.01. The SMILES string of the molecule is Cc1oc(CNc2cc([N+](=O)[O-])ccn2)cc1C(=O)O. The number of aromatic nitrogens is 1. The fraction of sp³-hybridized carbons (Fsp3) is 0.167. The average molecular weight is 277 g/mol. The molecule has 20 heavy (non-hydrogen) atoms. The van der Waals surface area contributed by atoms with Crippen molar-refractivity contribution in [1.82, 2.24) is 4.98 Å². The van der Waals surface area contributed by atoms with Gasteiger partial charge in [0.25, 0.3) is 5.69 Å². The Morgan fingerprint density at radius 1 is 1.55 bits per heavy atom. The number of carboxylic acid groups (broad SMARTS) is 1. The predicted octanol–water partition coefficient (Wildman–Crippen LogP) is 2.20. The Balaban J connectivity index is 2.09. The van der Waals surface area contributed by atoms with Gasteiger partial charge in [-0.15, -0.1) is 0 Å². The van der Waals surface area contributed by atoms with Crippen LogP contribution in [-0.4, -0.2) is 21.0 Å². The quantitative estimate of drug-likeness (QED) is 0.635. The molecule has 0 atom stereocenters. The van der Waals surface area contributed by atoms with Crippen molar-refractivity contribution in [2.75, 3.05) is 5.32 Å². The van der Waals surface area contributed by atoms with E-state index in [9.17, 15) is 14.9 Å². The number of carboxylic acids is 1. The van der Waals surface area contributed by atoms with E-state index in [0.29, 0.717) is 17.3 Å². The van der Waals surface area contributed by atoms with Gasteiger partial charge in [0.05, 0.1) is 17.5 Å². The van der Waals surface area contributed by atoms with Crippen molar-refractivity contribution in [1.29, 1.82) is 0 Å². The summed E-state index contributed by atoms with van der Waals surface area (Å²) in [5.74, 6) is -0.0365. The molecular weight excluding hydrogens is 266 g/mol. The third-order valence-electron chi connectivity index (χ3n) is 2.60. The van der Waals surface area contributed by atoms with Crippen LogP contribution in [0.25, 0.3) is 0 Å². The van der Waals surface area contributed by atoms with Crippen LogP contribution >= 0.6 is 0 Å². The molecule has 0 aliphatic rings. The number of nitrogens with one attached hydrogen (secondary N) is 1. The normalized spacial score (nSPS) is 10.2. The van der Waals surface area contributed by atoms with Crippen molar-refractivity contribution >= 4 is 17.5 Å². The van der Waals surface area contributed by atoms with Crippen LogP contribution in [-0.2, 0) is 6.54 Å². The molecule has 0 aliphatic heterocycles. The van der Waals surface area contributed by atoms with E-state index < -0.39 is 10.9 Å². The lowest BCUT2D eigenvalue weighted by molar-refractivity contribution is -0.384. The Kier molecular flexibility index (Phi) is 3.65. The van der Waals surface area contributed by atoms with E-state index in [-0.39, 0.29) is 17.8 Å². The number of hydrogen-bond donors (Lipinski definition) is 2. The van der Waals surface area contributed by atoms with E-state index in [1.54, 1.807) is 6.92 Å². The Morgan fingerprint density at radius 2 is 2.30 bits per heavy atom. The van der Waals surface area contributed by atoms with Crippen LogP contribution in [0.3, 0.4) is 0 Å². The summed E-state index contributed by atoms with van der Waals surface area (Å²) in [6.07, 6.45) is 1.32. The molecule has 0 aromatic carbocycles. The fourth-order valence-corrected chi connectivity index (χ4v) is 1.65. The summed E-state index contributed by atoms with van der Waals surface area (Å²) < 4.78 is 5.27. The molecule has 8 nitrogen and oxygen atoms in total. The maximum atomic E-state index is 10.9. The summed E-state index contributed by atoms with van der Waals surface area (Å²) in [4.78, 5) is 24.9. The zero-order valence-corrected chi connectivity index (χ0v) is 10.5. The zero-order valence-electron chi connectivity index (χ0n) is 10.5. The largest absolute Gasteiger partial charge is 0.478 e. The van der Waals surface area contributed by atoms with Gasteiger partial charge in [0.1, 0.15) is 22.9 Å². The molecule has 0 saturated carbocycles. The number of pyridine rings is 1. The van der Waals surface area contributed by atoms with Crippen molar-refractivity contribution in [3.63, 3.8) is 0 Å². The Hall–Kier alpha value is -2.90. The van der Waals surface area contributed by atoms with Crippen LogP contribution in [0, 0.1) is 17.0 Å². The summed E-state index contributed by atoms with van der Waals surface area (Å²) in [6, 6.07) is 3.97. The number of rotatable bonds is 5. The molecule has 2 rings (SSSR count). The van der Waals surface area contributed by atoms with Crippen LogP contribution in [0.4, 0.5) is 11.5 Å². The first-order valence-electron chi connectivity index (χ1n) is 5.64. The maximum absolute atomic E-state index is 10.9. The minimum absolute atomic E-state index is 0.0793. The van der Waals surface area contributed by atoms with Gasteiger partial charge in [-0.2, -0.15) is 0 Å². The minimum atomic E-state index is -1.06. The molecule has 0 saturated heterocycles. The van der Waals surface area contributed by atoms with E-state index in [0.717, 1.165) is 0 Å². The summed E-state index contributed by atoms with van der Waals surface area (Å²) in [7, 11) is 0. The van der Waals surface area contributed by atoms with Crippen LogP contribution in [0.2, 0.25) is 0 Å². The molecule has 2 heterocycles. The molecule has 104 valence electrons. The lowest BCUT2D eigenvalue weighted by Gasteiger charge is -2.02. The second-order valence-electron chi connectivity index (χ2n) is 4.00. The van der Waals surface area contributed by atoms with Gasteiger partial charge in [-0.05, 0) is 13.0 Å². The topological polar surface area (TPSA) is 119 Å². The lowest BCUT2D eigenvalue weighted by atomic mass is 10.2. The summed E-state index contributed by atoms with van der Waals surface area (Å²) >= 11 is 0. The van der Waals surface area contributed by atoms with Crippen LogP contribution in [0.5, 0.6) is 0 Å². The number of furan rings is 1. The molecule has 0 fully saturated rings. The highest BCUT2D eigenvalue weighted by Crippen LogP contribution is 2.18. The second kappa shape index (κ2) is 5.39.